The minimum absolute atomic E-state index is 0.314. The van der Waals surface area contributed by atoms with E-state index in [1.807, 2.05) is 19.1 Å². The molecule has 1 aliphatic heterocycles. The Hall–Kier alpha value is -0.780. The van der Waals surface area contributed by atoms with Gasteiger partial charge in [-0.15, -0.1) is 0 Å². The summed E-state index contributed by atoms with van der Waals surface area (Å²) < 4.78 is 29.7. The highest BCUT2D eigenvalue weighted by molar-refractivity contribution is 7.91. The average Bonchev–Trinajstić information content (AvgIpc) is 2.85. The summed E-state index contributed by atoms with van der Waals surface area (Å²) in [7, 11) is -3.17. The first kappa shape index (κ1) is 16.6. The van der Waals surface area contributed by atoms with Crippen LogP contribution in [-0.4, -0.2) is 33.1 Å². The van der Waals surface area contributed by atoms with Crippen molar-refractivity contribution in [2.45, 2.75) is 38.0 Å². The van der Waals surface area contributed by atoms with Crippen LogP contribution in [0.4, 0.5) is 0 Å². The number of benzene rings is 1. The molecule has 4 nitrogen and oxygen atoms in total. The van der Waals surface area contributed by atoms with Crippen molar-refractivity contribution in [1.82, 2.24) is 5.32 Å². The zero-order valence-corrected chi connectivity index (χ0v) is 14.2. The van der Waals surface area contributed by atoms with Gasteiger partial charge in [0.25, 0.3) is 0 Å². The van der Waals surface area contributed by atoms with Gasteiger partial charge in [-0.05, 0) is 37.6 Å². The molecule has 6 heteroatoms. The van der Waals surface area contributed by atoms with Gasteiger partial charge in [0.2, 0.25) is 0 Å². The topological polar surface area (TPSA) is 55.4 Å². The zero-order chi connectivity index (χ0) is 15.6. The number of rotatable bonds is 6. The van der Waals surface area contributed by atoms with Crippen LogP contribution >= 0.6 is 11.6 Å². The molecule has 21 heavy (non-hydrogen) atoms. The minimum atomic E-state index is -3.17. The van der Waals surface area contributed by atoms with Crippen molar-refractivity contribution in [2.75, 3.05) is 19.4 Å². The van der Waals surface area contributed by atoms with Gasteiger partial charge in [0.15, 0.2) is 9.84 Å². The lowest BCUT2D eigenvalue weighted by atomic mass is 9.99. The van der Waals surface area contributed by atoms with E-state index in [1.165, 1.54) is 6.26 Å². The Labute approximate surface area is 131 Å². The van der Waals surface area contributed by atoms with Gasteiger partial charge in [0.1, 0.15) is 5.75 Å². The summed E-state index contributed by atoms with van der Waals surface area (Å²) in [6.45, 7) is 5.14. The summed E-state index contributed by atoms with van der Waals surface area (Å²) in [5, 5.41) is 3.41. The molecule has 0 aliphatic carbocycles. The molecule has 0 bridgehead atoms. The molecule has 1 aromatic carbocycles. The number of hydrogen-bond donors (Lipinski definition) is 1. The Morgan fingerprint density at radius 2 is 2.14 bits per heavy atom. The standard InChI is InChI=1S/C15H22ClNO3S/c1-4-6-17-14(10(2)21(3,18)19)13-9-12(16)8-11-5-7-20-15(11)13/h8-10,14,17H,4-7H2,1-3H3. The molecule has 0 aromatic heterocycles. The second kappa shape index (κ2) is 6.55. The van der Waals surface area contributed by atoms with Crippen molar-refractivity contribution >= 4 is 21.4 Å². The number of ether oxygens (including phenoxy) is 1. The lowest BCUT2D eigenvalue weighted by Crippen LogP contribution is -2.35. The predicted octanol–water partition coefficient (Wildman–Crippen LogP) is 2.75. The largest absolute Gasteiger partial charge is 0.493 e. The highest BCUT2D eigenvalue weighted by Gasteiger charge is 2.31. The number of hydrogen-bond acceptors (Lipinski definition) is 4. The lowest BCUT2D eigenvalue weighted by molar-refractivity contribution is 0.347. The first-order chi connectivity index (χ1) is 9.84. The number of nitrogens with one attached hydrogen (secondary N) is 1. The third-order valence-corrected chi connectivity index (χ3v) is 5.71. The Morgan fingerprint density at radius 1 is 1.43 bits per heavy atom. The van der Waals surface area contributed by atoms with Gasteiger partial charge in [-0.25, -0.2) is 8.42 Å². The van der Waals surface area contributed by atoms with Crippen LogP contribution in [0.5, 0.6) is 5.75 Å². The Balaban J connectivity index is 2.46. The van der Waals surface area contributed by atoms with Crippen molar-refractivity contribution < 1.29 is 13.2 Å². The van der Waals surface area contributed by atoms with Crippen LogP contribution < -0.4 is 10.1 Å². The van der Waals surface area contributed by atoms with Crippen LogP contribution in [0.3, 0.4) is 0 Å². The van der Waals surface area contributed by atoms with Crippen molar-refractivity contribution in [1.29, 1.82) is 0 Å². The molecule has 2 atom stereocenters. The van der Waals surface area contributed by atoms with Crippen LogP contribution in [0, 0.1) is 0 Å². The van der Waals surface area contributed by atoms with Crippen LogP contribution in [0.15, 0.2) is 12.1 Å². The van der Waals surface area contributed by atoms with Crippen LogP contribution in [-0.2, 0) is 16.3 Å². The molecule has 2 rings (SSSR count). The second-order valence-corrected chi connectivity index (χ2v) is 8.39. The highest BCUT2D eigenvalue weighted by atomic mass is 35.5. The predicted molar refractivity (Wildman–Crippen MR) is 86.0 cm³/mol. The average molecular weight is 332 g/mol. The molecule has 0 radical (unpaired) electrons. The van der Waals surface area contributed by atoms with Crippen LogP contribution in [0.25, 0.3) is 0 Å². The summed E-state index contributed by atoms with van der Waals surface area (Å²) in [6, 6.07) is 3.40. The number of halogens is 1. The van der Waals surface area contributed by atoms with Crippen molar-refractivity contribution in [3.63, 3.8) is 0 Å². The Morgan fingerprint density at radius 3 is 2.76 bits per heavy atom. The Kier molecular flexibility index (Phi) is 5.17. The fraction of sp³-hybridized carbons (Fsp3) is 0.600. The molecule has 1 heterocycles. The van der Waals surface area contributed by atoms with E-state index >= 15 is 0 Å². The summed E-state index contributed by atoms with van der Waals surface area (Å²) in [4.78, 5) is 0. The lowest BCUT2D eigenvalue weighted by Gasteiger charge is -2.26. The fourth-order valence-corrected chi connectivity index (χ4v) is 3.59. The van der Waals surface area contributed by atoms with E-state index in [0.717, 1.165) is 36.3 Å². The van der Waals surface area contributed by atoms with E-state index in [-0.39, 0.29) is 6.04 Å². The molecule has 0 spiro atoms. The fourth-order valence-electron chi connectivity index (χ4n) is 2.60. The second-order valence-electron chi connectivity index (χ2n) is 5.55. The highest BCUT2D eigenvalue weighted by Crippen LogP contribution is 2.38. The summed E-state index contributed by atoms with van der Waals surface area (Å²) in [5.74, 6) is 0.795. The maximum absolute atomic E-state index is 12.0. The van der Waals surface area contributed by atoms with Gasteiger partial charge in [0, 0.05) is 23.3 Å². The molecule has 0 saturated heterocycles. The van der Waals surface area contributed by atoms with Gasteiger partial charge in [-0.2, -0.15) is 0 Å². The van der Waals surface area contributed by atoms with E-state index in [9.17, 15) is 8.42 Å². The maximum atomic E-state index is 12.0. The molecule has 1 N–H and O–H groups in total. The van der Waals surface area contributed by atoms with Gasteiger partial charge in [0.05, 0.1) is 17.9 Å². The van der Waals surface area contributed by atoms with E-state index in [4.69, 9.17) is 16.3 Å². The third kappa shape index (κ3) is 3.71. The Bertz CT molecular complexity index is 616. The smallest absolute Gasteiger partial charge is 0.151 e. The quantitative estimate of drug-likeness (QED) is 0.871. The summed E-state index contributed by atoms with van der Waals surface area (Å²) >= 11 is 6.19. The molecule has 0 fully saturated rings. The van der Waals surface area contributed by atoms with Gasteiger partial charge in [-0.1, -0.05) is 18.5 Å². The first-order valence-electron chi connectivity index (χ1n) is 7.22. The molecule has 2 unspecified atom stereocenters. The van der Waals surface area contributed by atoms with E-state index < -0.39 is 15.1 Å². The maximum Gasteiger partial charge on any atom is 0.151 e. The van der Waals surface area contributed by atoms with Crippen molar-refractivity contribution in [3.8, 4) is 5.75 Å². The zero-order valence-electron chi connectivity index (χ0n) is 12.6. The van der Waals surface area contributed by atoms with E-state index in [2.05, 4.69) is 5.32 Å². The van der Waals surface area contributed by atoms with E-state index in [0.29, 0.717) is 11.6 Å². The molecule has 1 aromatic rings. The normalized spacial score (nSPS) is 17.1. The molecular formula is C15H22ClNO3S. The first-order valence-corrected chi connectivity index (χ1v) is 9.55. The van der Waals surface area contributed by atoms with Gasteiger partial charge in [-0.3, -0.25) is 0 Å². The minimum Gasteiger partial charge on any atom is -0.493 e. The van der Waals surface area contributed by atoms with Gasteiger partial charge >= 0.3 is 0 Å². The van der Waals surface area contributed by atoms with E-state index in [1.54, 1.807) is 6.92 Å². The molecule has 118 valence electrons. The number of fused-ring (bicyclic) bond motifs is 1. The van der Waals surface area contributed by atoms with Gasteiger partial charge < -0.3 is 10.1 Å². The summed E-state index contributed by atoms with van der Waals surface area (Å²) in [5.41, 5.74) is 1.91. The molecular weight excluding hydrogens is 310 g/mol. The number of sulfone groups is 1. The third-order valence-electron chi connectivity index (χ3n) is 3.87. The SMILES string of the molecule is CCCNC(c1cc(Cl)cc2c1OCC2)C(C)S(C)(=O)=O. The van der Waals surface area contributed by atoms with Crippen molar-refractivity contribution in [2.24, 2.45) is 0 Å². The molecule has 0 amide bonds. The molecule has 0 saturated carbocycles. The van der Waals surface area contributed by atoms with Crippen LogP contribution in [0.2, 0.25) is 5.02 Å². The molecule has 1 aliphatic rings. The van der Waals surface area contributed by atoms with Crippen LogP contribution in [0.1, 0.15) is 37.4 Å². The monoisotopic (exact) mass is 331 g/mol. The summed E-state index contributed by atoms with van der Waals surface area (Å²) in [6.07, 6.45) is 3.01. The van der Waals surface area contributed by atoms with Crippen molar-refractivity contribution in [3.05, 3.63) is 28.3 Å².